The van der Waals surface area contributed by atoms with Gasteiger partial charge in [-0.2, -0.15) is 0 Å². The quantitative estimate of drug-likeness (QED) is 0.0333. The Kier molecular flexibility index (Phi) is 15.0. The molecule has 0 saturated heterocycles. The van der Waals surface area contributed by atoms with Crippen molar-refractivity contribution < 1.29 is 27.8 Å². The molecule has 0 N–H and O–H groups in total. The van der Waals surface area contributed by atoms with Crippen LogP contribution in [0.2, 0.25) is 0 Å². The molecule has 0 heterocycles. The minimum Gasteiger partial charge on any atom is -0.494 e. The highest BCUT2D eigenvalue weighted by molar-refractivity contribution is 5.96. The molecule has 6 heteroatoms. The van der Waals surface area contributed by atoms with Crippen LogP contribution in [0.4, 0.5) is 8.78 Å². The van der Waals surface area contributed by atoms with E-state index in [1.54, 1.807) is 25.1 Å². The largest absolute Gasteiger partial charge is 0.494 e. The smallest absolute Gasteiger partial charge is 0.333 e. The number of carbonyl (C=O) groups is 2. The van der Waals surface area contributed by atoms with Crippen molar-refractivity contribution in [2.75, 3.05) is 13.2 Å². The maximum Gasteiger partial charge on any atom is 0.333 e. The van der Waals surface area contributed by atoms with Gasteiger partial charge in [-0.15, -0.1) is 11.8 Å². The molecule has 5 aromatic carbocycles. The van der Waals surface area contributed by atoms with Gasteiger partial charge in [-0.25, -0.2) is 13.6 Å². The first-order valence-corrected chi connectivity index (χ1v) is 18.9. The van der Waals surface area contributed by atoms with Crippen molar-refractivity contribution in [1.82, 2.24) is 0 Å². The van der Waals surface area contributed by atoms with E-state index in [1.807, 2.05) is 36.4 Å². The molecule has 0 fully saturated rings. The topological polar surface area (TPSA) is 52.6 Å². The number of rotatable bonds is 16. The van der Waals surface area contributed by atoms with E-state index < -0.39 is 11.6 Å². The van der Waals surface area contributed by atoms with E-state index in [1.165, 1.54) is 18.2 Å². The Labute approximate surface area is 323 Å². The second kappa shape index (κ2) is 20.5. The first-order chi connectivity index (χ1) is 26.7. The molecule has 0 aromatic heterocycles. The lowest BCUT2D eigenvalue weighted by Gasteiger charge is -2.10. The van der Waals surface area contributed by atoms with Gasteiger partial charge in [0.05, 0.1) is 24.3 Å². The molecule has 0 aliphatic carbocycles. The summed E-state index contributed by atoms with van der Waals surface area (Å²) < 4.78 is 41.1. The van der Waals surface area contributed by atoms with E-state index in [0.29, 0.717) is 49.2 Å². The van der Waals surface area contributed by atoms with Crippen LogP contribution in [-0.4, -0.2) is 25.0 Å². The third-order valence-corrected chi connectivity index (χ3v) is 9.05. The van der Waals surface area contributed by atoms with Crippen LogP contribution in [0.1, 0.15) is 93.1 Å². The van der Waals surface area contributed by atoms with Gasteiger partial charge in [-0.1, -0.05) is 73.9 Å². The molecule has 280 valence electrons. The van der Waals surface area contributed by atoms with Crippen LogP contribution in [0, 0.1) is 35.3 Å². The Bertz CT molecular complexity index is 2260. The molecule has 0 radical (unpaired) electrons. The Morgan fingerprint density at radius 1 is 0.636 bits per heavy atom. The number of carbonyl (C=O) groups excluding carboxylic acids is 2. The molecular formula is C49H46F2O4. The molecule has 0 unspecified atom stereocenters. The van der Waals surface area contributed by atoms with E-state index >= 15 is 4.39 Å². The normalized spacial score (nSPS) is 10.5. The zero-order valence-corrected chi connectivity index (χ0v) is 31.6. The van der Waals surface area contributed by atoms with Crippen LogP contribution in [0.3, 0.4) is 0 Å². The van der Waals surface area contributed by atoms with Gasteiger partial charge in [-0.3, -0.25) is 4.79 Å². The third-order valence-electron chi connectivity index (χ3n) is 9.05. The number of hydrogen-bond donors (Lipinski definition) is 0. The molecule has 0 saturated carbocycles. The number of fused-ring (bicyclic) bond motifs is 1. The molecule has 0 spiro atoms. The van der Waals surface area contributed by atoms with E-state index in [2.05, 4.69) is 61.4 Å². The zero-order valence-electron chi connectivity index (χ0n) is 31.6. The van der Waals surface area contributed by atoms with Crippen LogP contribution < -0.4 is 4.74 Å². The van der Waals surface area contributed by atoms with Crippen molar-refractivity contribution in [3.05, 3.63) is 138 Å². The van der Waals surface area contributed by atoms with Crippen molar-refractivity contribution in [2.24, 2.45) is 0 Å². The second-order valence-corrected chi connectivity index (χ2v) is 13.5. The molecule has 0 aliphatic heterocycles. The molecule has 0 bridgehead atoms. The van der Waals surface area contributed by atoms with Gasteiger partial charge in [0.2, 0.25) is 0 Å². The van der Waals surface area contributed by atoms with E-state index in [-0.39, 0.29) is 22.9 Å². The van der Waals surface area contributed by atoms with Crippen molar-refractivity contribution in [3.63, 3.8) is 0 Å². The van der Waals surface area contributed by atoms with E-state index in [4.69, 9.17) is 9.47 Å². The summed E-state index contributed by atoms with van der Waals surface area (Å²) in [6.07, 6.45) is 7.13. The predicted octanol–water partition coefficient (Wildman–Crippen LogP) is 12.1. The lowest BCUT2D eigenvalue weighted by molar-refractivity contribution is -0.139. The summed E-state index contributed by atoms with van der Waals surface area (Å²) in [6, 6.07) is 29.4. The molecule has 0 atom stereocenters. The molecule has 5 rings (SSSR count). The summed E-state index contributed by atoms with van der Waals surface area (Å²) in [7, 11) is 0. The summed E-state index contributed by atoms with van der Waals surface area (Å²) in [5, 5.41) is 2.18. The van der Waals surface area contributed by atoms with E-state index in [0.717, 1.165) is 71.7 Å². The zero-order chi connectivity index (χ0) is 39.0. The third kappa shape index (κ3) is 12.0. The number of benzene rings is 5. The number of ether oxygens (including phenoxy) is 2. The SMILES string of the molecule is C=C(C)C(=O)OCCCCCCOc1ccc2cc(-c3ccc(-c4ccc(C#Cc5ccc(C(=O)CCCC#CCCC)cc5F)c(F)c4)cc3)ccc2c1. The summed E-state index contributed by atoms with van der Waals surface area (Å²) in [5.41, 5.74) is 4.64. The van der Waals surface area contributed by atoms with Crippen LogP contribution in [0.15, 0.2) is 109 Å². The number of halogens is 2. The predicted molar refractivity (Wildman–Crippen MR) is 218 cm³/mol. The lowest BCUT2D eigenvalue weighted by Crippen LogP contribution is -2.06. The van der Waals surface area contributed by atoms with Gasteiger partial charge in [0, 0.05) is 30.4 Å². The molecule has 0 amide bonds. The monoisotopic (exact) mass is 736 g/mol. The van der Waals surface area contributed by atoms with Gasteiger partial charge in [-0.05, 0) is 127 Å². The number of Topliss-reactive ketones (excluding diaryl/α,β-unsaturated/α-hetero) is 1. The standard InChI is InChI=1S/C49H46F2O4/c1-4-5-6-7-8-11-14-48(52)44-26-22-39(47(51)34-44)20-19-38-21-23-43(33-46(38)50)37-17-15-36(16-18-37)40-24-25-42-32-45(28-27-41(42)31-40)54-29-12-9-10-13-30-55-49(53)35(2)3/h15-18,21-28,31-34H,2,4-5,8-14,29-30H2,1,3H3. The lowest BCUT2D eigenvalue weighted by atomic mass is 9.97. The summed E-state index contributed by atoms with van der Waals surface area (Å²) >= 11 is 0. The van der Waals surface area contributed by atoms with Crippen LogP contribution >= 0.6 is 0 Å². The van der Waals surface area contributed by atoms with Gasteiger partial charge in [0.25, 0.3) is 0 Å². The summed E-state index contributed by atoms with van der Waals surface area (Å²) in [4.78, 5) is 23.9. The van der Waals surface area contributed by atoms with Crippen LogP contribution in [0.25, 0.3) is 33.0 Å². The van der Waals surface area contributed by atoms with Gasteiger partial charge < -0.3 is 9.47 Å². The van der Waals surface area contributed by atoms with Gasteiger partial charge >= 0.3 is 5.97 Å². The first-order valence-electron chi connectivity index (χ1n) is 18.9. The molecular weight excluding hydrogens is 691 g/mol. The average molecular weight is 737 g/mol. The highest BCUT2D eigenvalue weighted by atomic mass is 19.1. The Balaban J connectivity index is 1.13. The number of unbranched alkanes of at least 4 members (excludes halogenated alkanes) is 5. The number of esters is 1. The number of hydrogen-bond acceptors (Lipinski definition) is 4. The first kappa shape index (κ1) is 40.2. The van der Waals surface area contributed by atoms with Crippen molar-refractivity contribution >= 4 is 22.5 Å². The van der Waals surface area contributed by atoms with Crippen LogP contribution in [-0.2, 0) is 9.53 Å². The average Bonchev–Trinajstić information content (AvgIpc) is 3.19. The summed E-state index contributed by atoms with van der Waals surface area (Å²) in [6.45, 7) is 8.33. The Morgan fingerprint density at radius 2 is 1.22 bits per heavy atom. The van der Waals surface area contributed by atoms with Crippen molar-refractivity contribution in [3.8, 4) is 51.7 Å². The number of ketones is 1. The van der Waals surface area contributed by atoms with Crippen molar-refractivity contribution in [1.29, 1.82) is 0 Å². The highest BCUT2D eigenvalue weighted by Crippen LogP contribution is 2.30. The summed E-state index contributed by atoms with van der Waals surface area (Å²) in [5.74, 6) is 10.8. The van der Waals surface area contributed by atoms with E-state index in [9.17, 15) is 14.0 Å². The van der Waals surface area contributed by atoms with Crippen molar-refractivity contribution in [2.45, 2.75) is 71.6 Å². The molecule has 4 nitrogen and oxygen atoms in total. The molecule has 5 aromatic rings. The van der Waals surface area contributed by atoms with Gasteiger partial charge in [0.15, 0.2) is 5.78 Å². The molecule has 55 heavy (non-hydrogen) atoms. The maximum atomic E-state index is 15.2. The highest BCUT2D eigenvalue weighted by Gasteiger charge is 2.10. The fourth-order valence-electron chi connectivity index (χ4n) is 5.89. The fraction of sp³-hybridized carbons (Fsp3) is 0.265. The minimum atomic E-state index is -0.611. The van der Waals surface area contributed by atoms with Gasteiger partial charge in [0.1, 0.15) is 17.4 Å². The Morgan fingerprint density at radius 3 is 1.89 bits per heavy atom. The molecule has 0 aliphatic rings. The minimum absolute atomic E-state index is 0.101. The second-order valence-electron chi connectivity index (χ2n) is 13.5. The fourth-order valence-corrected chi connectivity index (χ4v) is 5.89. The van der Waals surface area contributed by atoms with Crippen LogP contribution in [0.5, 0.6) is 5.75 Å². The Hall–Kier alpha value is -5.98. The maximum absolute atomic E-state index is 15.2.